The van der Waals surface area contributed by atoms with Gasteiger partial charge in [0.15, 0.2) is 0 Å². The minimum Gasteiger partial charge on any atom is -0.495 e. The van der Waals surface area contributed by atoms with Crippen molar-refractivity contribution in [2.75, 3.05) is 17.7 Å². The molecule has 0 saturated heterocycles. The first-order chi connectivity index (χ1) is 12.5. The van der Waals surface area contributed by atoms with Gasteiger partial charge in [-0.25, -0.2) is 4.99 Å². The largest absolute Gasteiger partial charge is 0.495 e. The summed E-state index contributed by atoms with van der Waals surface area (Å²) < 4.78 is 5.21. The Hall–Kier alpha value is -3.06. The number of carbonyl (C=O) groups excluding carboxylic acids is 2. The third kappa shape index (κ3) is 4.31. The van der Waals surface area contributed by atoms with E-state index in [1.165, 1.54) is 7.11 Å². The molecule has 8 heteroatoms. The minimum atomic E-state index is -0.862. The van der Waals surface area contributed by atoms with Crippen LogP contribution >= 0.6 is 11.6 Å². The van der Waals surface area contributed by atoms with Gasteiger partial charge in [0.2, 0.25) is 17.8 Å². The number of halogens is 1. The summed E-state index contributed by atoms with van der Waals surface area (Å²) in [5, 5.41) is 8.77. The predicted molar refractivity (Wildman–Crippen MR) is 101 cm³/mol. The van der Waals surface area contributed by atoms with Crippen LogP contribution in [0.5, 0.6) is 5.75 Å². The van der Waals surface area contributed by atoms with Gasteiger partial charge in [0.05, 0.1) is 19.2 Å². The molecule has 1 atom stereocenters. The molecule has 0 saturated carbocycles. The molecule has 0 aromatic heterocycles. The second-order valence-electron chi connectivity index (χ2n) is 5.57. The van der Waals surface area contributed by atoms with Crippen LogP contribution in [0.15, 0.2) is 53.5 Å². The number of aliphatic imine (C=N–C) groups is 1. The summed E-state index contributed by atoms with van der Waals surface area (Å²) in [5.74, 6) is -0.0234. The Balaban J connectivity index is 1.77. The van der Waals surface area contributed by atoms with E-state index >= 15 is 0 Å². The highest BCUT2D eigenvalue weighted by molar-refractivity contribution is 6.31. The van der Waals surface area contributed by atoms with Gasteiger partial charge in [-0.3, -0.25) is 14.9 Å². The maximum Gasteiger partial charge on any atom is 0.249 e. The van der Waals surface area contributed by atoms with Gasteiger partial charge < -0.3 is 15.4 Å². The smallest absolute Gasteiger partial charge is 0.249 e. The number of carbonyl (C=O) groups is 2. The maximum atomic E-state index is 12.6. The van der Waals surface area contributed by atoms with Crippen LogP contribution in [0.4, 0.5) is 11.4 Å². The van der Waals surface area contributed by atoms with Crippen LogP contribution in [0, 0.1) is 0 Å². The quantitative estimate of drug-likeness (QED) is 0.769. The van der Waals surface area contributed by atoms with Crippen LogP contribution in [-0.2, 0) is 9.59 Å². The number of rotatable bonds is 4. The van der Waals surface area contributed by atoms with Crippen LogP contribution in [-0.4, -0.2) is 30.9 Å². The standard InChI is InChI=1S/C18H17ClN4O3/c1-26-15-8-7-11(19)9-13(15)21-17(25)14-10-16(24)23-18(22-14)20-12-5-3-2-4-6-12/h2-9,14H,10H2,1H3,(H,21,25)(H2,20,22,23,24). The molecule has 1 heterocycles. The monoisotopic (exact) mass is 372 g/mol. The zero-order valence-corrected chi connectivity index (χ0v) is 14.7. The number of ether oxygens (including phenoxy) is 1. The van der Waals surface area contributed by atoms with Gasteiger partial charge in [0.25, 0.3) is 0 Å². The summed E-state index contributed by atoms with van der Waals surface area (Å²) in [5.41, 5.74) is 1.17. The number of benzene rings is 2. The lowest BCUT2D eigenvalue weighted by atomic mass is 10.1. The third-order valence-corrected chi connectivity index (χ3v) is 3.92. The molecule has 134 valence electrons. The highest BCUT2D eigenvalue weighted by atomic mass is 35.5. The Morgan fingerprint density at radius 1 is 1.27 bits per heavy atom. The maximum absolute atomic E-state index is 12.6. The van der Waals surface area contributed by atoms with Crippen molar-refractivity contribution in [1.29, 1.82) is 0 Å². The Morgan fingerprint density at radius 2 is 2.04 bits per heavy atom. The van der Waals surface area contributed by atoms with Crippen LogP contribution < -0.4 is 20.7 Å². The third-order valence-electron chi connectivity index (χ3n) is 3.68. The van der Waals surface area contributed by atoms with Gasteiger partial charge in [-0.05, 0) is 30.3 Å². The average Bonchev–Trinajstić information content (AvgIpc) is 2.62. The molecule has 2 aromatic rings. The van der Waals surface area contributed by atoms with Crippen molar-refractivity contribution in [1.82, 2.24) is 5.32 Å². The van der Waals surface area contributed by atoms with Crippen molar-refractivity contribution in [3.63, 3.8) is 0 Å². The molecule has 2 aromatic carbocycles. The van der Waals surface area contributed by atoms with Crippen molar-refractivity contribution in [2.45, 2.75) is 12.5 Å². The molecule has 1 aliphatic rings. The molecule has 1 aliphatic heterocycles. The zero-order chi connectivity index (χ0) is 18.5. The Morgan fingerprint density at radius 3 is 2.77 bits per heavy atom. The molecule has 0 radical (unpaired) electrons. The zero-order valence-electron chi connectivity index (χ0n) is 14.0. The van der Waals surface area contributed by atoms with Crippen LogP contribution in [0.3, 0.4) is 0 Å². The lowest BCUT2D eigenvalue weighted by Gasteiger charge is -2.21. The summed E-state index contributed by atoms with van der Waals surface area (Å²) in [6.45, 7) is 0. The van der Waals surface area contributed by atoms with Crippen molar-refractivity contribution < 1.29 is 14.3 Å². The normalized spacial score (nSPS) is 16.3. The summed E-state index contributed by atoms with van der Waals surface area (Å²) in [6, 6.07) is 13.3. The van der Waals surface area contributed by atoms with E-state index in [1.54, 1.807) is 18.2 Å². The van der Waals surface area contributed by atoms with E-state index in [2.05, 4.69) is 20.9 Å². The number of para-hydroxylation sites is 1. The molecule has 3 rings (SSSR count). The number of guanidine groups is 1. The minimum absolute atomic E-state index is 0.0469. The number of nitrogens with zero attached hydrogens (tertiary/aromatic N) is 1. The van der Waals surface area contributed by atoms with E-state index in [-0.39, 0.29) is 18.3 Å². The molecule has 0 spiro atoms. The fourth-order valence-corrected chi connectivity index (χ4v) is 2.63. The molecule has 0 bridgehead atoms. The van der Waals surface area contributed by atoms with E-state index in [4.69, 9.17) is 16.3 Å². The first kappa shape index (κ1) is 17.8. The topological polar surface area (TPSA) is 91.8 Å². The molecule has 3 N–H and O–H groups in total. The lowest BCUT2D eigenvalue weighted by molar-refractivity contribution is -0.124. The van der Waals surface area contributed by atoms with E-state index in [0.717, 1.165) is 5.69 Å². The van der Waals surface area contributed by atoms with Crippen LogP contribution in [0.2, 0.25) is 5.02 Å². The second kappa shape index (κ2) is 7.88. The van der Waals surface area contributed by atoms with Gasteiger partial charge in [0.1, 0.15) is 11.8 Å². The SMILES string of the molecule is COc1ccc(Cl)cc1NC(=O)C1CC(=O)NC(Nc2ccccc2)=N1. The number of methoxy groups -OCH3 is 1. The Kier molecular flexibility index (Phi) is 5.38. The number of hydrogen-bond donors (Lipinski definition) is 3. The number of anilines is 2. The predicted octanol–water partition coefficient (Wildman–Crippen LogP) is 2.64. The van der Waals surface area contributed by atoms with Gasteiger partial charge >= 0.3 is 0 Å². The van der Waals surface area contributed by atoms with Crippen LogP contribution in [0.1, 0.15) is 6.42 Å². The van der Waals surface area contributed by atoms with E-state index < -0.39 is 11.9 Å². The fraction of sp³-hybridized carbons (Fsp3) is 0.167. The van der Waals surface area contributed by atoms with E-state index in [9.17, 15) is 9.59 Å². The first-order valence-corrected chi connectivity index (χ1v) is 8.27. The highest BCUT2D eigenvalue weighted by Gasteiger charge is 2.27. The summed E-state index contributed by atoms with van der Waals surface area (Å²) in [7, 11) is 1.49. The van der Waals surface area contributed by atoms with Crippen LogP contribution in [0.25, 0.3) is 0 Å². The van der Waals surface area contributed by atoms with E-state index in [0.29, 0.717) is 16.5 Å². The second-order valence-corrected chi connectivity index (χ2v) is 6.01. The van der Waals surface area contributed by atoms with Crippen molar-refractivity contribution in [3.05, 3.63) is 53.6 Å². The number of hydrogen-bond acceptors (Lipinski definition) is 5. The van der Waals surface area contributed by atoms with E-state index in [1.807, 2.05) is 30.3 Å². The van der Waals surface area contributed by atoms with Gasteiger partial charge in [0, 0.05) is 10.7 Å². The Labute approximate surface area is 155 Å². The molecule has 7 nitrogen and oxygen atoms in total. The number of amides is 2. The fourth-order valence-electron chi connectivity index (χ4n) is 2.46. The summed E-state index contributed by atoms with van der Waals surface area (Å²) in [6.07, 6.45) is -0.0469. The Bertz CT molecular complexity index is 855. The van der Waals surface area contributed by atoms with Gasteiger partial charge in [-0.1, -0.05) is 29.8 Å². The first-order valence-electron chi connectivity index (χ1n) is 7.89. The molecule has 0 fully saturated rings. The molecule has 2 amide bonds. The molecule has 26 heavy (non-hydrogen) atoms. The molecular formula is C18H17ClN4O3. The van der Waals surface area contributed by atoms with Gasteiger partial charge in [-0.2, -0.15) is 0 Å². The molecular weight excluding hydrogens is 356 g/mol. The highest BCUT2D eigenvalue weighted by Crippen LogP contribution is 2.28. The molecule has 1 unspecified atom stereocenters. The van der Waals surface area contributed by atoms with Crippen molar-refractivity contribution in [3.8, 4) is 5.75 Å². The van der Waals surface area contributed by atoms with Crippen molar-refractivity contribution >= 4 is 40.7 Å². The lowest BCUT2D eigenvalue weighted by Crippen LogP contribution is -2.45. The summed E-state index contributed by atoms with van der Waals surface area (Å²) >= 11 is 5.97. The molecule has 0 aliphatic carbocycles. The van der Waals surface area contributed by atoms with Crippen molar-refractivity contribution in [2.24, 2.45) is 4.99 Å². The number of nitrogens with one attached hydrogen (secondary N) is 3. The van der Waals surface area contributed by atoms with Gasteiger partial charge in [-0.15, -0.1) is 0 Å². The average molecular weight is 373 g/mol. The summed E-state index contributed by atoms with van der Waals surface area (Å²) in [4.78, 5) is 28.8.